The molecule has 0 unspecified atom stereocenters. The van der Waals surface area contributed by atoms with E-state index in [9.17, 15) is 4.79 Å². The molecule has 1 amide bonds. The second kappa shape index (κ2) is 5.35. The highest BCUT2D eigenvalue weighted by Crippen LogP contribution is 2.11. The number of amides is 1. The number of nitrogen functional groups attached to an aromatic ring is 1. The van der Waals surface area contributed by atoms with Gasteiger partial charge in [0.1, 0.15) is 0 Å². The maximum atomic E-state index is 11.6. The molecular formula is C13H15N3O2. The fraction of sp³-hybridized carbons (Fsp3) is 0.231. The number of benzene rings is 1. The number of aryl methyl sites for hydroxylation is 2. The van der Waals surface area contributed by atoms with Crippen LogP contribution in [-0.2, 0) is 11.2 Å². The topological polar surface area (TPSA) is 81.2 Å². The molecule has 1 aromatic carbocycles. The first-order valence-corrected chi connectivity index (χ1v) is 5.71. The highest BCUT2D eigenvalue weighted by atomic mass is 16.5. The Bertz CT molecular complexity index is 549. The lowest BCUT2D eigenvalue weighted by atomic mass is 10.1. The number of carbonyl (C=O) groups excluding carboxylic acids is 1. The van der Waals surface area contributed by atoms with Crippen molar-refractivity contribution in [1.29, 1.82) is 0 Å². The molecule has 3 N–H and O–H groups in total. The summed E-state index contributed by atoms with van der Waals surface area (Å²) in [4.78, 5) is 11.6. The fourth-order valence-corrected chi connectivity index (χ4v) is 1.63. The second-order valence-electron chi connectivity index (χ2n) is 4.13. The normalized spacial score (nSPS) is 10.3. The standard InChI is InChI=1S/C13H15N3O2/c1-9-7-13(18-16-9)15-12(17)6-5-10-3-2-4-11(14)8-10/h2-4,7-8H,5-6,14H2,1H3,(H,15,17). The van der Waals surface area contributed by atoms with Crippen LogP contribution >= 0.6 is 0 Å². The van der Waals surface area contributed by atoms with Gasteiger partial charge in [0.25, 0.3) is 0 Å². The quantitative estimate of drug-likeness (QED) is 0.808. The van der Waals surface area contributed by atoms with Gasteiger partial charge in [-0.2, -0.15) is 0 Å². The van der Waals surface area contributed by atoms with Crippen molar-refractivity contribution in [1.82, 2.24) is 5.16 Å². The van der Waals surface area contributed by atoms with Gasteiger partial charge in [0.15, 0.2) is 0 Å². The molecule has 2 aromatic rings. The minimum absolute atomic E-state index is 0.103. The summed E-state index contributed by atoms with van der Waals surface area (Å²) < 4.78 is 4.90. The average molecular weight is 245 g/mol. The van der Waals surface area contributed by atoms with E-state index >= 15 is 0 Å². The number of rotatable bonds is 4. The van der Waals surface area contributed by atoms with E-state index < -0.39 is 0 Å². The van der Waals surface area contributed by atoms with E-state index in [1.54, 1.807) is 13.0 Å². The highest BCUT2D eigenvalue weighted by Gasteiger charge is 2.06. The largest absolute Gasteiger partial charge is 0.399 e. The van der Waals surface area contributed by atoms with Gasteiger partial charge in [-0.05, 0) is 31.0 Å². The van der Waals surface area contributed by atoms with Crippen molar-refractivity contribution in [3.05, 3.63) is 41.6 Å². The summed E-state index contributed by atoms with van der Waals surface area (Å²) in [6.07, 6.45) is 1.02. The van der Waals surface area contributed by atoms with Crippen LogP contribution in [-0.4, -0.2) is 11.1 Å². The van der Waals surface area contributed by atoms with Crippen molar-refractivity contribution in [2.75, 3.05) is 11.1 Å². The number of hydrogen-bond acceptors (Lipinski definition) is 4. The van der Waals surface area contributed by atoms with Gasteiger partial charge in [-0.25, -0.2) is 0 Å². The Kier molecular flexibility index (Phi) is 3.62. The van der Waals surface area contributed by atoms with Crippen molar-refractivity contribution in [2.24, 2.45) is 0 Å². The molecule has 0 saturated heterocycles. The Morgan fingerprint density at radius 1 is 1.44 bits per heavy atom. The van der Waals surface area contributed by atoms with E-state index in [0.29, 0.717) is 24.4 Å². The fourth-order valence-electron chi connectivity index (χ4n) is 1.63. The van der Waals surface area contributed by atoms with Crippen LogP contribution in [0.1, 0.15) is 17.7 Å². The van der Waals surface area contributed by atoms with Crippen LogP contribution in [0.2, 0.25) is 0 Å². The number of nitrogens with two attached hydrogens (primary N) is 1. The Morgan fingerprint density at radius 3 is 2.94 bits per heavy atom. The monoisotopic (exact) mass is 245 g/mol. The zero-order valence-corrected chi connectivity index (χ0v) is 10.1. The van der Waals surface area contributed by atoms with Crippen LogP contribution in [0.3, 0.4) is 0 Å². The first-order chi connectivity index (χ1) is 8.63. The number of anilines is 2. The Labute approximate surface area is 105 Å². The van der Waals surface area contributed by atoms with Gasteiger partial charge >= 0.3 is 0 Å². The third-order valence-electron chi connectivity index (χ3n) is 2.48. The van der Waals surface area contributed by atoms with E-state index in [0.717, 1.165) is 11.3 Å². The zero-order chi connectivity index (χ0) is 13.0. The molecule has 5 heteroatoms. The molecule has 0 atom stereocenters. The summed E-state index contributed by atoms with van der Waals surface area (Å²) in [6, 6.07) is 9.19. The predicted octanol–water partition coefficient (Wildman–Crippen LogP) is 2.14. The van der Waals surface area contributed by atoms with E-state index in [4.69, 9.17) is 10.3 Å². The smallest absolute Gasteiger partial charge is 0.231 e. The first-order valence-electron chi connectivity index (χ1n) is 5.71. The van der Waals surface area contributed by atoms with E-state index in [-0.39, 0.29) is 5.91 Å². The highest BCUT2D eigenvalue weighted by molar-refractivity contribution is 5.89. The van der Waals surface area contributed by atoms with Gasteiger partial charge in [0.2, 0.25) is 11.8 Å². The van der Waals surface area contributed by atoms with Crippen LogP contribution in [0, 0.1) is 6.92 Å². The van der Waals surface area contributed by atoms with E-state index in [1.807, 2.05) is 24.3 Å². The van der Waals surface area contributed by atoms with Gasteiger partial charge in [-0.1, -0.05) is 17.3 Å². The molecule has 0 aliphatic heterocycles. The van der Waals surface area contributed by atoms with Crippen molar-refractivity contribution >= 4 is 17.5 Å². The van der Waals surface area contributed by atoms with Crippen LogP contribution in [0.4, 0.5) is 11.6 Å². The minimum Gasteiger partial charge on any atom is -0.399 e. The van der Waals surface area contributed by atoms with Gasteiger partial charge < -0.3 is 10.3 Å². The van der Waals surface area contributed by atoms with E-state index in [1.165, 1.54) is 0 Å². The van der Waals surface area contributed by atoms with Crippen LogP contribution in [0.15, 0.2) is 34.9 Å². The van der Waals surface area contributed by atoms with Gasteiger partial charge in [0, 0.05) is 18.2 Å². The lowest BCUT2D eigenvalue weighted by Crippen LogP contribution is -2.11. The summed E-state index contributed by atoms with van der Waals surface area (Å²) in [5, 5.41) is 6.34. The second-order valence-corrected chi connectivity index (χ2v) is 4.13. The number of nitrogens with zero attached hydrogens (tertiary/aromatic N) is 1. The molecule has 0 aliphatic rings. The molecule has 1 aromatic heterocycles. The molecule has 2 rings (SSSR count). The average Bonchev–Trinajstić information content (AvgIpc) is 2.72. The van der Waals surface area contributed by atoms with Crippen molar-refractivity contribution in [3.8, 4) is 0 Å². The summed E-state index contributed by atoms with van der Waals surface area (Å²) in [5.74, 6) is 0.277. The zero-order valence-electron chi connectivity index (χ0n) is 10.1. The molecule has 0 bridgehead atoms. The maximum absolute atomic E-state index is 11.6. The van der Waals surface area contributed by atoms with Crippen LogP contribution in [0.5, 0.6) is 0 Å². The molecule has 0 spiro atoms. The SMILES string of the molecule is Cc1cc(NC(=O)CCc2cccc(N)c2)on1. The third-order valence-corrected chi connectivity index (χ3v) is 2.48. The molecule has 18 heavy (non-hydrogen) atoms. The van der Waals surface area contributed by atoms with E-state index in [2.05, 4.69) is 10.5 Å². The maximum Gasteiger partial charge on any atom is 0.231 e. The Balaban J connectivity index is 1.85. The van der Waals surface area contributed by atoms with Crippen LogP contribution < -0.4 is 11.1 Å². The number of nitrogens with one attached hydrogen (secondary N) is 1. The first kappa shape index (κ1) is 12.2. The molecule has 1 heterocycles. The lowest BCUT2D eigenvalue weighted by Gasteiger charge is -2.02. The third kappa shape index (κ3) is 3.35. The molecule has 0 radical (unpaired) electrons. The summed E-state index contributed by atoms with van der Waals surface area (Å²) >= 11 is 0. The van der Waals surface area contributed by atoms with Crippen molar-refractivity contribution in [3.63, 3.8) is 0 Å². The molecule has 0 saturated carbocycles. The summed E-state index contributed by atoms with van der Waals surface area (Å²) in [7, 11) is 0. The van der Waals surface area contributed by atoms with Crippen LogP contribution in [0.25, 0.3) is 0 Å². The molecule has 94 valence electrons. The van der Waals surface area contributed by atoms with Crippen molar-refractivity contribution < 1.29 is 9.32 Å². The predicted molar refractivity (Wildman–Crippen MR) is 69.0 cm³/mol. The Hall–Kier alpha value is -2.30. The Morgan fingerprint density at radius 2 is 2.28 bits per heavy atom. The molecular weight excluding hydrogens is 230 g/mol. The number of carbonyl (C=O) groups is 1. The minimum atomic E-state index is -0.103. The van der Waals surface area contributed by atoms with Gasteiger partial charge in [0.05, 0.1) is 5.69 Å². The molecule has 0 fully saturated rings. The summed E-state index contributed by atoms with van der Waals surface area (Å²) in [6.45, 7) is 1.80. The lowest BCUT2D eigenvalue weighted by molar-refractivity contribution is -0.116. The molecule has 5 nitrogen and oxygen atoms in total. The number of hydrogen-bond donors (Lipinski definition) is 2. The molecule has 0 aliphatic carbocycles. The number of aromatic nitrogens is 1. The van der Waals surface area contributed by atoms with Gasteiger partial charge in [-0.3, -0.25) is 10.1 Å². The van der Waals surface area contributed by atoms with Gasteiger partial charge in [-0.15, -0.1) is 0 Å². The van der Waals surface area contributed by atoms with Crippen molar-refractivity contribution in [2.45, 2.75) is 19.8 Å². The summed E-state index contributed by atoms with van der Waals surface area (Å²) in [5.41, 5.74) is 8.15.